The second-order valence-corrected chi connectivity index (χ2v) is 1.34. The molecule has 0 unspecified atom stereocenters. The van der Waals surface area contributed by atoms with Gasteiger partial charge in [0.05, 0.1) is 0 Å². The van der Waals surface area contributed by atoms with Gasteiger partial charge < -0.3 is 19.2 Å². The Morgan fingerprint density at radius 2 is 1.12 bits per heavy atom. The quantitative estimate of drug-likeness (QED) is 0.315. The monoisotopic (exact) mass is 533 g/mol. The molecule has 0 saturated heterocycles. The van der Waals surface area contributed by atoms with E-state index in [2.05, 4.69) is 0 Å². The van der Waals surface area contributed by atoms with Gasteiger partial charge in [0.15, 0.2) is 0 Å². The largest absolute Gasteiger partial charge is 3.00 e. The van der Waals surface area contributed by atoms with Crippen LogP contribution in [0.25, 0.3) is 0 Å². The zero-order valence-corrected chi connectivity index (χ0v) is 13.3. The van der Waals surface area contributed by atoms with Crippen molar-refractivity contribution in [2.24, 2.45) is 0 Å². The van der Waals surface area contributed by atoms with Gasteiger partial charge >= 0.3 is 116 Å². The molecule has 0 aliphatic rings. The smallest absolute Gasteiger partial charge is 0.822 e. The van der Waals surface area contributed by atoms with Crippen molar-refractivity contribution in [1.82, 2.24) is 0 Å². The standard InChI is InChI=1S/Ce.La.H3O4P.Tb/c;;1-5(2,3)4;/h;;(H3,1,2,3,4);/q2*+3;;+3/p-3. The predicted octanol–water partition coefficient (Wildman–Crippen LogP) is -2.82. The number of hydrogen-bond donors (Lipinski definition) is 0. The summed E-state index contributed by atoms with van der Waals surface area (Å²) in [6.07, 6.45) is 0. The van der Waals surface area contributed by atoms with Gasteiger partial charge in [-0.05, 0) is 0 Å². The molecule has 0 spiro atoms. The van der Waals surface area contributed by atoms with Gasteiger partial charge in [-0.15, -0.1) is 0 Å². The molecule has 0 fully saturated rings. The third-order valence-electron chi connectivity index (χ3n) is 0. The van der Waals surface area contributed by atoms with Crippen LogP contribution in [0.4, 0.5) is 0 Å². The van der Waals surface area contributed by atoms with Gasteiger partial charge in [0.1, 0.15) is 0 Å². The van der Waals surface area contributed by atoms with Crippen molar-refractivity contribution in [2.45, 2.75) is 0 Å². The first-order valence-corrected chi connectivity index (χ1v) is 2.19. The van der Waals surface area contributed by atoms with E-state index in [0.717, 1.165) is 0 Å². The van der Waals surface area contributed by atoms with E-state index in [0.29, 0.717) is 0 Å². The Kier molecular flexibility index (Phi) is 31.1. The van der Waals surface area contributed by atoms with Crippen LogP contribution in [0.2, 0.25) is 0 Å². The molecule has 0 aromatic carbocycles. The van der Waals surface area contributed by atoms with Crippen LogP contribution in [-0.2, 0) is 4.57 Å². The van der Waals surface area contributed by atoms with Gasteiger partial charge in [-0.3, -0.25) is 0 Å². The zero-order valence-electron chi connectivity index (χ0n) is 3.49. The fourth-order valence-electron chi connectivity index (χ4n) is 0. The molecule has 0 aromatic heterocycles. The van der Waals surface area contributed by atoms with E-state index in [4.69, 9.17) is 19.2 Å². The van der Waals surface area contributed by atoms with Gasteiger partial charge in [0.2, 0.25) is 0 Å². The average molecular weight is 533 g/mol. The average Bonchev–Trinajstić information content (AvgIpc) is 0.722. The first-order valence-electron chi connectivity index (χ1n) is 0.730. The second-order valence-electron chi connectivity index (χ2n) is 0.447. The Morgan fingerprint density at radius 3 is 1.12 bits per heavy atom. The third kappa shape index (κ3) is 50.9. The molecular weight excluding hydrogens is 533 g/mol. The Balaban J connectivity index is -0.0000000267. The summed E-state index contributed by atoms with van der Waals surface area (Å²) in [5.41, 5.74) is 0. The van der Waals surface area contributed by atoms with Gasteiger partial charge in [-0.2, -0.15) is 7.82 Å². The minimum Gasteiger partial charge on any atom is -0.822 e. The molecule has 0 atom stereocenters. The molecule has 8 heavy (non-hydrogen) atoms. The van der Waals surface area contributed by atoms with E-state index in [9.17, 15) is 0 Å². The molecular formula is CeLaO4PTb+6. The van der Waals surface area contributed by atoms with Gasteiger partial charge in [-0.25, -0.2) is 0 Å². The Morgan fingerprint density at radius 1 is 1.12 bits per heavy atom. The van der Waals surface area contributed by atoms with Gasteiger partial charge in [0, 0.05) is 0 Å². The first-order chi connectivity index (χ1) is 2.00. The van der Waals surface area contributed by atoms with Crippen molar-refractivity contribution in [1.29, 1.82) is 0 Å². The SMILES string of the molecule is O=P([O-])([O-])[O-].[Ce+3].[La+3].[Tb+3]. The molecule has 0 aliphatic heterocycles. The summed E-state index contributed by atoms with van der Waals surface area (Å²) in [5.74, 6) is 0. The van der Waals surface area contributed by atoms with Crippen LogP contribution in [0.15, 0.2) is 0 Å². The van der Waals surface area contributed by atoms with Crippen LogP contribution in [0.3, 0.4) is 0 Å². The Bertz CT molecular complexity index is 62.2. The van der Waals surface area contributed by atoms with Crippen molar-refractivity contribution in [3.05, 3.63) is 0 Å². The Labute approximate surface area is 139 Å². The maximum absolute atomic E-state index is 8.55. The molecule has 1 radical (unpaired) electrons. The molecule has 0 bridgehead atoms. The van der Waals surface area contributed by atoms with E-state index >= 15 is 0 Å². The molecule has 4 nitrogen and oxygen atoms in total. The number of hydrogen-bond acceptors (Lipinski definition) is 4. The summed E-state index contributed by atoms with van der Waals surface area (Å²) in [7, 11) is -5.39. The summed E-state index contributed by atoms with van der Waals surface area (Å²) in [4.78, 5) is 25.6. The van der Waals surface area contributed by atoms with E-state index in [-0.39, 0.29) is 116 Å². The Hall–Kier alpha value is 3.97. The third-order valence-corrected chi connectivity index (χ3v) is 0. The van der Waals surface area contributed by atoms with Crippen LogP contribution >= 0.6 is 7.82 Å². The summed E-state index contributed by atoms with van der Waals surface area (Å²) in [6, 6.07) is 0. The van der Waals surface area contributed by atoms with Gasteiger partial charge in [-0.1, -0.05) is 0 Å². The molecule has 0 saturated carbocycles. The van der Waals surface area contributed by atoms with Crippen LogP contribution in [0, 0.1) is 116 Å². The van der Waals surface area contributed by atoms with Gasteiger partial charge in [0.25, 0.3) is 0 Å². The van der Waals surface area contributed by atoms with E-state index in [1.54, 1.807) is 0 Å². The molecule has 0 heterocycles. The van der Waals surface area contributed by atoms with Crippen LogP contribution in [-0.4, -0.2) is 0 Å². The van der Waals surface area contributed by atoms with Crippen molar-refractivity contribution in [3.63, 3.8) is 0 Å². The second kappa shape index (κ2) is 11.0. The first kappa shape index (κ1) is 22.7. The molecule has 0 N–H and O–H groups in total. The van der Waals surface area contributed by atoms with E-state index in [1.165, 1.54) is 0 Å². The summed E-state index contributed by atoms with van der Waals surface area (Å²) >= 11 is 0. The van der Waals surface area contributed by atoms with Crippen molar-refractivity contribution in [2.75, 3.05) is 0 Å². The van der Waals surface area contributed by atoms with E-state index in [1.807, 2.05) is 0 Å². The fourth-order valence-corrected chi connectivity index (χ4v) is 0. The zero-order chi connectivity index (χ0) is 4.50. The summed E-state index contributed by atoms with van der Waals surface area (Å²) in [6.45, 7) is 0. The minimum absolute atomic E-state index is 0. The molecule has 0 rings (SSSR count). The maximum atomic E-state index is 8.55. The summed E-state index contributed by atoms with van der Waals surface area (Å²) < 4.78 is 8.55. The minimum atomic E-state index is -5.39. The number of rotatable bonds is 0. The fraction of sp³-hybridized carbons (Fsp3) is 0. The normalized spacial score (nSPS) is 7.38. The molecule has 0 aromatic rings. The van der Waals surface area contributed by atoms with Crippen molar-refractivity contribution in [3.8, 4) is 0 Å². The maximum Gasteiger partial charge on any atom is 3.00 e. The molecule has 8 heteroatoms. The van der Waals surface area contributed by atoms with Crippen molar-refractivity contribution < 1.29 is 135 Å². The molecule has 39 valence electrons. The predicted molar refractivity (Wildman–Crippen MR) is 7.61 cm³/mol. The van der Waals surface area contributed by atoms with E-state index < -0.39 is 7.82 Å². The topological polar surface area (TPSA) is 86.2 Å². The van der Waals surface area contributed by atoms with Crippen molar-refractivity contribution >= 4 is 7.82 Å². The number of phosphoric acid groups is 1. The van der Waals surface area contributed by atoms with Crippen LogP contribution in [0.1, 0.15) is 0 Å². The summed E-state index contributed by atoms with van der Waals surface area (Å²) in [5, 5.41) is 0. The molecule has 0 aliphatic carbocycles. The molecule has 0 amide bonds. The van der Waals surface area contributed by atoms with Crippen LogP contribution in [0.5, 0.6) is 0 Å². The van der Waals surface area contributed by atoms with Crippen LogP contribution < -0.4 is 14.7 Å².